The summed E-state index contributed by atoms with van der Waals surface area (Å²) in [6, 6.07) is -0.681. The Kier molecular flexibility index (Phi) is 16.2. The predicted octanol–water partition coefficient (Wildman–Crippen LogP) is -0.575. The van der Waals surface area contributed by atoms with Crippen LogP contribution in [0.2, 0.25) is 0 Å². The quantitative estimate of drug-likeness (QED) is 0.614. The fraction of sp³-hybridized carbons (Fsp3) is 0.750. The van der Waals surface area contributed by atoms with Crippen molar-refractivity contribution < 1.29 is 36.1 Å². The van der Waals surface area contributed by atoms with Crippen LogP contribution in [-0.4, -0.2) is 34.5 Å². The van der Waals surface area contributed by atoms with E-state index in [1.54, 1.807) is 6.92 Å². The van der Waals surface area contributed by atoms with Crippen LogP contribution in [-0.2, 0) is 31.0 Å². The van der Waals surface area contributed by atoms with Gasteiger partial charge >= 0.3 is 49.5 Å². The second kappa shape index (κ2) is 8.85. The van der Waals surface area contributed by atoms with Crippen molar-refractivity contribution in [1.82, 2.24) is 0 Å². The van der Waals surface area contributed by atoms with Gasteiger partial charge in [0.25, 0.3) is 0 Å². The minimum atomic E-state index is -0.928. The molecule has 0 saturated heterocycles. The molecule has 9 heavy (non-hydrogen) atoms. The topological polar surface area (TPSA) is 63.3 Å². The van der Waals surface area contributed by atoms with Crippen LogP contribution in [0.5, 0.6) is 0 Å². The van der Waals surface area contributed by atoms with E-state index in [9.17, 15) is 4.79 Å². The van der Waals surface area contributed by atoms with Crippen LogP contribution >= 0.6 is 0 Å². The van der Waals surface area contributed by atoms with Gasteiger partial charge in [-0.2, -0.15) is 0 Å². The Morgan fingerprint density at radius 3 is 2.11 bits per heavy atom. The maximum atomic E-state index is 9.81. The van der Waals surface area contributed by atoms with E-state index in [4.69, 9.17) is 10.8 Å². The van der Waals surface area contributed by atoms with Crippen LogP contribution < -0.4 is 5.73 Å². The number of aliphatic carboxylic acids is 1. The Labute approximate surface area is 84.3 Å². The zero-order valence-corrected chi connectivity index (χ0v) is 8.91. The van der Waals surface area contributed by atoms with Gasteiger partial charge in [0.15, 0.2) is 0 Å². The summed E-state index contributed by atoms with van der Waals surface area (Å²) in [5.74, 6) is -0.928. The van der Waals surface area contributed by atoms with Gasteiger partial charge in [0.1, 0.15) is 6.04 Å². The van der Waals surface area contributed by atoms with Gasteiger partial charge in [-0.3, -0.25) is 4.79 Å². The van der Waals surface area contributed by atoms with E-state index < -0.39 is 12.0 Å². The van der Waals surface area contributed by atoms with Crippen LogP contribution in [0.15, 0.2) is 0 Å². The van der Waals surface area contributed by atoms with E-state index in [-0.39, 0.29) is 43.6 Å². The van der Waals surface area contributed by atoms with Crippen molar-refractivity contribution in [2.24, 2.45) is 5.73 Å². The second-order valence-corrected chi connectivity index (χ2v) is 1.35. The van der Waals surface area contributed by atoms with Crippen molar-refractivity contribution in [2.75, 3.05) is 0 Å². The molecule has 3 nitrogen and oxygen atoms in total. The third-order valence-corrected chi connectivity index (χ3v) is 0.757. The SMILES string of the molecule is CCC(N)C(=O)O.[Al+3].[Zr+2]. The van der Waals surface area contributed by atoms with Crippen molar-refractivity contribution in [2.45, 2.75) is 19.4 Å². The zero-order valence-electron chi connectivity index (χ0n) is 5.29. The van der Waals surface area contributed by atoms with E-state index in [0.717, 1.165) is 0 Å². The summed E-state index contributed by atoms with van der Waals surface area (Å²) < 4.78 is 0. The van der Waals surface area contributed by atoms with E-state index in [0.29, 0.717) is 6.42 Å². The first-order valence-electron chi connectivity index (χ1n) is 2.17. The van der Waals surface area contributed by atoms with Crippen molar-refractivity contribution in [1.29, 1.82) is 0 Å². The molecule has 1 unspecified atom stereocenters. The molecule has 0 bridgehead atoms. The number of carboxylic acid groups (broad SMARTS) is 1. The minimum Gasteiger partial charge on any atom is -0.480 e. The molecule has 0 heterocycles. The third kappa shape index (κ3) is 8.85. The van der Waals surface area contributed by atoms with E-state index in [1.807, 2.05) is 0 Å². The maximum absolute atomic E-state index is 9.81. The Bertz CT molecular complexity index is 81.0. The minimum absolute atomic E-state index is 0. The fourth-order valence-corrected chi connectivity index (χ4v) is 0.175. The molecule has 0 aromatic heterocycles. The van der Waals surface area contributed by atoms with Gasteiger partial charge in [0, 0.05) is 0 Å². The summed E-state index contributed by atoms with van der Waals surface area (Å²) in [5, 5.41) is 8.06. The fourth-order valence-electron chi connectivity index (χ4n) is 0.175. The number of carboxylic acids is 1. The summed E-state index contributed by atoms with van der Waals surface area (Å²) in [5.41, 5.74) is 5.02. The van der Waals surface area contributed by atoms with Gasteiger partial charge in [-0.15, -0.1) is 0 Å². The first-order chi connectivity index (χ1) is 3.18. The Morgan fingerprint density at radius 2 is 2.11 bits per heavy atom. The molecule has 0 radical (unpaired) electrons. The standard InChI is InChI=1S/C4H9NO2.Al.Zr/c1-2-3(5)4(6)7;;/h3H,2,5H2,1H3,(H,6,7);;/q;+3;+2. The van der Waals surface area contributed by atoms with Crippen molar-refractivity contribution in [3.8, 4) is 0 Å². The average Bonchev–Trinajstić information content (AvgIpc) is 1.65. The maximum Gasteiger partial charge on any atom is 3.00 e. The number of carbonyl (C=O) groups is 1. The van der Waals surface area contributed by atoms with Crippen LogP contribution in [0.4, 0.5) is 0 Å². The summed E-state index contributed by atoms with van der Waals surface area (Å²) in [7, 11) is 0. The molecule has 0 amide bonds. The van der Waals surface area contributed by atoms with Gasteiger partial charge < -0.3 is 10.8 Å². The van der Waals surface area contributed by atoms with Gasteiger partial charge in [-0.05, 0) is 6.42 Å². The molecule has 1 atom stereocenters. The van der Waals surface area contributed by atoms with Gasteiger partial charge in [-0.25, -0.2) is 0 Å². The van der Waals surface area contributed by atoms with Crippen molar-refractivity contribution in [3.05, 3.63) is 0 Å². The van der Waals surface area contributed by atoms with Gasteiger partial charge in [0.2, 0.25) is 0 Å². The first-order valence-corrected chi connectivity index (χ1v) is 2.17. The molecular formula is C4H9AlNO2Zr+5. The van der Waals surface area contributed by atoms with Gasteiger partial charge in [-0.1, -0.05) is 6.92 Å². The Morgan fingerprint density at radius 1 is 1.78 bits per heavy atom. The summed E-state index contributed by atoms with van der Waals surface area (Å²) in [4.78, 5) is 9.81. The number of hydrogen-bond donors (Lipinski definition) is 2. The van der Waals surface area contributed by atoms with Crippen LogP contribution in [0.25, 0.3) is 0 Å². The number of nitrogens with two attached hydrogens (primary N) is 1. The van der Waals surface area contributed by atoms with Gasteiger partial charge in [0.05, 0.1) is 0 Å². The predicted molar refractivity (Wildman–Crippen MR) is 31.7 cm³/mol. The molecule has 5 heteroatoms. The zero-order chi connectivity index (χ0) is 5.86. The van der Waals surface area contributed by atoms with Crippen LogP contribution in [0.1, 0.15) is 13.3 Å². The molecule has 0 aliphatic heterocycles. The van der Waals surface area contributed by atoms with E-state index in [2.05, 4.69) is 0 Å². The average molecular weight is 221 g/mol. The molecule has 3 N–H and O–H groups in total. The Hall–Kier alpha value is 0.846. The second-order valence-electron chi connectivity index (χ2n) is 1.35. The smallest absolute Gasteiger partial charge is 0.480 e. The van der Waals surface area contributed by atoms with Crippen molar-refractivity contribution in [3.63, 3.8) is 0 Å². The summed E-state index contributed by atoms with van der Waals surface area (Å²) >= 11 is 0. The third-order valence-electron chi connectivity index (χ3n) is 0.757. The molecule has 0 aliphatic carbocycles. The molecule has 44 valence electrons. The molecule has 0 rings (SSSR count). The molecule has 0 aromatic carbocycles. The molecule has 0 aliphatic rings. The van der Waals surface area contributed by atoms with E-state index in [1.165, 1.54) is 0 Å². The summed E-state index contributed by atoms with van der Waals surface area (Å²) in [6.07, 6.45) is 0.495. The Balaban J connectivity index is -0.000000180. The summed E-state index contributed by atoms with van der Waals surface area (Å²) in [6.45, 7) is 1.73. The number of hydrogen-bond acceptors (Lipinski definition) is 2. The van der Waals surface area contributed by atoms with Crippen molar-refractivity contribution >= 4 is 23.3 Å². The molecule has 0 aromatic rings. The van der Waals surface area contributed by atoms with Crippen LogP contribution in [0.3, 0.4) is 0 Å². The largest absolute Gasteiger partial charge is 3.00 e. The van der Waals surface area contributed by atoms with Crippen LogP contribution in [0, 0.1) is 0 Å². The molecular weight excluding hydrogens is 212 g/mol. The van der Waals surface area contributed by atoms with E-state index >= 15 is 0 Å². The molecule has 0 fully saturated rings. The molecule has 0 saturated carbocycles. The monoisotopic (exact) mass is 220 g/mol. The first kappa shape index (κ1) is 16.4. The normalized spacial score (nSPS) is 10.4. The molecule has 0 spiro atoms. The number of rotatable bonds is 2.